The SMILES string of the molecule is CCCCCC(NC)c1c(O)cc2oc(-c3ccccc3)cc(=O)c2c1O. The summed E-state index contributed by atoms with van der Waals surface area (Å²) in [5.41, 5.74) is 0.939. The van der Waals surface area contributed by atoms with Gasteiger partial charge in [0.2, 0.25) is 0 Å². The summed E-state index contributed by atoms with van der Waals surface area (Å²) in [7, 11) is 1.78. The lowest BCUT2D eigenvalue weighted by Crippen LogP contribution is -2.17. The fraction of sp³-hybridized carbons (Fsp3) is 0.318. The lowest BCUT2D eigenvalue weighted by atomic mass is 9.96. The Balaban J connectivity index is 2.11. The largest absolute Gasteiger partial charge is 0.507 e. The van der Waals surface area contributed by atoms with Gasteiger partial charge < -0.3 is 19.9 Å². The maximum Gasteiger partial charge on any atom is 0.197 e. The van der Waals surface area contributed by atoms with Crippen LogP contribution in [-0.4, -0.2) is 17.3 Å². The number of hydrogen-bond acceptors (Lipinski definition) is 5. The zero-order valence-electron chi connectivity index (χ0n) is 15.7. The molecule has 1 atom stereocenters. The third-order valence-electron chi connectivity index (χ3n) is 4.86. The molecule has 0 spiro atoms. The topological polar surface area (TPSA) is 82.7 Å². The molecule has 1 unspecified atom stereocenters. The summed E-state index contributed by atoms with van der Waals surface area (Å²) in [4.78, 5) is 12.7. The first-order chi connectivity index (χ1) is 13.1. The van der Waals surface area contributed by atoms with Crippen molar-refractivity contribution in [3.05, 3.63) is 58.3 Å². The van der Waals surface area contributed by atoms with E-state index in [1.807, 2.05) is 30.3 Å². The van der Waals surface area contributed by atoms with Crippen LogP contribution in [0.15, 0.2) is 51.7 Å². The van der Waals surface area contributed by atoms with E-state index < -0.39 is 0 Å². The minimum atomic E-state index is -0.336. The Morgan fingerprint density at radius 2 is 1.85 bits per heavy atom. The second-order valence-corrected chi connectivity index (χ2v) is 6.71. The molecule has 0 radical (unpaired) electrons. The molecule has 0 saturated heterocycles. The molecular formula is C22H25NO4. The van der Waals surface area contributed by atoms with E-state index in [4.69, 9.17) is 4.42 Å². The molecule has 0 aliphatic heterocycles. The summed E-state index contributed by atoms with van der Waals surface area (Å²) in [6.45, 7) is 2.12. The van der Waals surface area contributed by atoms with Crippen molar-refractivity contribution < 1.29 is 14.6 Å². The quantitative estimate of drug-likeness (QED) is 0.527. The van der Waals surface area contributed by atoms with Crippen LogP contribution in [0.3, 0.4) is 0 Å². The minimum Gasteiger partial charge on any atom is -0.507 e. The Hall–Kier alpha value is -2.79. The fourth-order valence-electron chi connectivity index (χ4n) is 3.42. The Labute approximate surface area is 158 Å². The number of aromatic hydroxyl groups is 2. The van der Waals surface area contributed by atoms with E-state index in [1.54, 1.807) is 7.05 Å². The number of phenols is 2. The highest BCUT2D eigenvalue weighted by Gasteiger charge is 2.23. The van der Waals surface area contributed by atoms with Gasteiger partial charge in [0.15, 0.2) is 5.43 Å². The molecule has 1 aromatic heterocycles. The lowest BCUT2D eigenvalue weighted by molar-refractivity contribution is 0.409. The van der Waals surface area contributed by atoms with Crippen LogP contribution in [0.1, 0.15) is 44.2 Å². The third-order valence-corrected chi connectivity index (χ3v) is 4.86. The average Bonchev–Trinajstić information content (AvgIpc) is 2.66. The molecule has 0 fully saturated rings. The van der Waals surface area contributed by atoms with Crippen molar-refractivity contribution in [3.8, 4) is 22.8 Å². The number of phenolic OH excluding ortho intramolecular Hbond substituents is 2. The zero-order chi connectivity index (χ0) is 19.4. The van der Waals surface area contributed by atoms with E-state index >= 15 is 0 Å². The van der Waals surface area contributed by atoms with E-state index in [0.29, 0.717) is 11.3 Å². The van der Waals surface area contributed by atoms with Crippen molar-refractivity contribution in [2.75, 3.05) is 7.05 Å². The lowest BCUT2D eigenvalue weighted by Gasteiger charge is -2.20. The standard InChI is InChI=1S/C22H25NO4/c1-3-4-6-11-15(23-2)20-16(24)13-19-21(22(20)26)17(25)12-18(27-19)14-9-7-5-8-10-14/h5,7-10,12-13,15,23-24,26H,3-4,6,11H2,1-2H3. The van der Waals surface area contributed by atoms with E-state index in [0.717, 1.165) is 31.2 Å². The molecule has 0 aliphatic rings. The summed E-state index contributed by atoms with van der Waals surface area (Å²) in [6, 6.07) is 11.8. The van der Waals surface area contributed by atoms with E-state index in [9.17, 15) is 15.0 Å². The van der Waals surface area contributed by atoms with Crippen LogP contribution >= 0.6 is 0 Å². The fourth-order valence-corrected chi connectivity index (χ4v) is 3.42. The smallest absolute Gasteiger partial charge is 0.197 e. The monoisotopic (exact) mass is 367 g/mol. The molecule has 1 heterocycles. The first kappa shape index (κ1) is 19.0. The predicted molar refractivity (Wildman–Crippen MR) is 107 cm³/mol. The molecule has 0 aliphatic carbocycles. The number of unbranched alkanes of at least 4 members (excludes halogenated alkanes) is 2. The minimum absolute atomic E-state index is 0.0794. The maximum absolute atomic E-state index is 12.7. The normalized spacial score (nSPS) is 12.4. The van der Waals surface area contributed by atoms with Gasteiger partial charge in [0.25, 0.3) is 0 Å². The van der Waals surface area contributed by atoms with Gasteiger partial charge in [-0.05, 0) is 13.5 Å². The molecular weight excluding hydrogens is 342 g/mol. The van der Waals surface area contributed by atoms with Gasteiger partial charge in [-0.1, -0.05) is 56.5 Å². The Morgan fingerprint density at radius 3 is 2.52 bits per heavy atom. The number of hydrogen-bond donors (Lipinski definition) is 3. The molecule has 0 amide bonds. The molecule has 5 heteroatoms. The van der Waals surface area contributed by atoms with Crippen LogP contribution in [0.4, 0.5) is 0 Å². The zero-order valence-corrected chi connectivity index (χ0v) is 15.7. The van der Waals surface area contributed by atoms with Crippen LogP contribution in [0.2, 0.25) is 0 Å². The predicted octanol–water partition coefficient (Wildman–Crippen LogP) is 4.71. The van der Waals surface area contributed by atoms with Gasteiger partial charge in [0.1, 0.15) is 28.2 Å². The Bertz CT molecular complexity index is 979. The second kappa shape index (κ2) is 8.27. The highest BCUT2D eigenvalue weighted by Crippen LogP contribution is 2.40. The van der Waals surface area contributed by atoms with Gasteiger partial charge in [-0.2, -0.15) is 0 Å². The van der Waals surface area contributed by atoms with E-state index in [1.165, 1.54) is 12.1 Å². The first-order valence-corrected chi connectivity index (χ1v) is 9.32. The molecule has 5 nitrogen and oxygen atoms in total. The molecule has 0 saturated carbocycles. The molecule has 142 valence electrons. The Morgan fingerprint density at radius 1 is 1.11 bits per heavy atom. The van der Waals surface area contributed by atoms with Crippen LogP contribution in [0.25, 0.3) is 22.3 Å². The van der Waals surface area contributed by atoms with Crippen LogP contribution < -0.4 is 10.7 Å². The number of benzene rings is 2. The molecule has 2 aromatic carbocycles. The summed E-state index contributed by atoms with van der Waals surface area (Å²) >= 11 is 0. The molecule has 3 rings (SSSR count). The number of nitrogens with one attached hydrogen (secondary N) is 1. The summed E-state index contributed by atoms with van der Waals surface area (Å²) < 4.78 is 5.82. The van der Waals surface area contributed by atoms with Gasteiger partial charge in [-0.3, -0.25) is 4.79 Å². The van der Waals surface area contributed by atoms with Gasteiger partial charge >= 0.3 is 0 Å². The molecule has 27 heavy (non-hydrogen) atoms. The van der Waals surface area contributed by atoms with Gasteiger partial charge in [0, 0.05) is 23.7 Å². The van der Waals surface area contributed by atoms with E-state index in [2.05, 4.69) is 12.2 Å². The summed E-state index contributed by atoms with van der Waals surface area (Å²) in [6.07, 6.45) is 3.86. The molecule has 3 aromatic rings. The average molecular weight is 367 g/mol. The van der Waals surface area contributed by atoms with Gasteiger partial charge in [0.05, 0.1) is 5.56 Å². The van der Waals surface area contributed by atoms with Gasteiger partial charge in [-0.25, -0.2) is 0 Å². The molecule has 3 N–H and O–H groups in total. The van der Waals surface area contributed by atoms with E-state index in [-0.39, 0.29) is 33.9 Å². The van der Waals surface area contributed by atoms with Crippen molar-refractivity contribution in [2.45, 2.75) is 38.6 Å². The molecule has 0 bridgehead atoms. The van der Waals surface area contributed by atoms with Crippen molar-refractivity contribution in [1.82, 2.24) is 5.32 Å². The van der Waals surface area contributed by atoms with Crippen molar-refractivity contribution >= 4 is 11.0 Å². The van der Waals surface area contributed by atoms with Gasteiger partial charge in [-0.15, -0.1) is 0 Å². The van der Waals surface area contributed by atoms with Crippen LogP contribution in [0.5, 0.6) is 11.5 Å². The highest BCUT2D eigenvalue weighted by molar-refractivity contribution is 5.88. The van der Waals surface area contributed by atoms with Crippen LogP contribution in [0, 0.1) is 0 Å². The summed E-state index contributed by atoms with van der Waals surface area (Å²) in [5.74, 6) is 0.103. The summed E-state index contributed by atoms with van der Waals surface area (Å²) in [5, 5.41) is 24.5. The maximum atomic E-state index is 12.7. The van der Waals surface area contributed by atoms with Crippen LogP contribution in [-0.2, 0) is 0 Å². The Kier molecular flexibility index (Phi) is 5.81. The van der Waals surface area contributed by atoms with Crippen molar-refractivity contribution in [2.24, 2.45) is 0 Å². The van der Waals surface area contributed by atoms with Crippen molar-refractivity contribution in [1.29, 1.82) is 0 Å². The highest BCUT2D eigenvalue weighted by atomic mass is 16.3. The number of rotatable bonds is 7. The first-order valence-electron chi connectivity index (χ1n) is 9.32. The number of fused-ring (bicyclic) bond motifs is 1. The third kappa shape index (κ3) is 3.83. The second-order valence-electron chi connectivity index (χ2n) is 6.71. The van der Waals surface area contributed by atoms with Crippen molar-refractivity contribution in [3.63, 3.8) is 0 Å².